The van der Waals surface area contributed by atoms with Gasteiger partial charge in [-0.05, 0) is 35.9 Å². The topological polar surface area (TPSA) is 73.1 Å². The monoisotopic (exact) mass is 432 g/mol. The number of carboxylic acid groups (broad SMARTS) is 1. The molecule has 6 nitrogen and oxygen atoms in total. The van der Waals surface area contributed by atoms with E-state index in [1.54, 1.807) is 18.2 Å². The lowest BCUT2D eigenvalue weighted by molar-refractivity contribution is -0.142. The van der Waals surface area contributed by atoms with Gasteiger partial charge >= 0.3 is 5.97 Å². The van der Waals surface area contributed by atoms with Gasteiger partial charge in [0.2, 0.25) is 6.61 Å². The van der Waals surface area contributed by atoms with Crippen LogP contribution in [0.3, 0.4) is 0 Å². The molecule has 3 aromatic rings. The highest BCUT2D eigenvalue weighted by Crippen LogP contribution is 2.27. The summed E-state index contributed by atoms with van der Waals surface area (Å²) >= 11 is 12.0. The number of fused-ring (bicyclic) bond motifs is 1. The Morgan fingerprint density at radius 2 is 2.03 bits per heavy atom. The summed E-state index contributed by atoms with van der Waals surface area (Å²) in [5.41, 5.74) is 2.63. The molecule has 1 N–H and O–H groups in total. The summed E-state index contributed by atoms with van der Waals surface area (Å²) in [5.74, 6) is -0.421. The summed E-state index contributed by atoms with van der Waals surface area (Å²) < 4.78 is 7.90. The van der Waals surface area contributed by atoms with Crippen molar-refractivity contribution in [2.24, 2.45) is 5.16 Å². The van der Waals surface area contributed by atoms with Crippen molar-refractivity contribution >= 4 is 46.3 Å². The summed E-state index contributed by atoms with van der Waals surface area (Å²) in [6.07, 6.45) is 5.16. The highest BCUT2D eigenvalue weighted by atomic mass is 35.5. The van der Waals surface area contributed by atoms with Crippen molar-refractivity contribution in [3.05, 3.63) is 76.4 Å². The van der Waals surface area contributed by atoms with E-state index in [-0.39, 0.29) is 0 Å². The van der Waals surface area contributed by atoms with E-state index in [9.17, 15) is 4.79 Å². The average Bonchev–Trinajstić information content (AvgIpc) is 3.03. The van der Waals surface area contributed by atoms with Gasteiger partial charge in [-0.25, -0.2) is 4.79 Å². The fourth-order valence-electron chi connectivity index (χ4n) is 2.77. The van der Waals surface area contributed by atoms with Crippen LogP contribution in [0.25, 0.3) is 10.9 Å². The third kappa shape index (κ3) is 5.31. The number of nitrogens with zero attached hydrogens (tertiary/aromatic N) is 2. The molecule has 0 unspecified atom stereocenters. The van der Waals surface area contributed by atoms with E-state index in [1.165, 1.54) is 6.21 Å². The van der Waals surface area contributed by atoms with Gasteiger partial charge in [0, 0.05) is 29.2 Å². The maximum Gasteiger partial charge on any atom is 0.344 e. The number of hydrogen-bond acceptors (Lipinski definition) is 4. The number of allylic oxidation sites excluding steroid dienone is 1. The summed E-state index contributed by atoms with van der Waals surface area (Å²) in [6, 6.07) is 11.1. The number of oxime groups is 1. The number of rotatable bonds is 9. The Morgan fingerprint density at radius 1 is 1.21 bits per heavy atom. The SMILES string of the molecule is C=CCn1cc(C=NOCC(=O)O)c2cc(OCc3ccc(Cl)c(Cl)c3)ccc21. The van der Waals surface area contributed by atoms with Gasteiger partial charge < -0.3 is 19.2 Å². The molecular formula is C21H18Cl2N2O4. The van der Waals surface area contributed by atoms with Gasteiger partial charge in [-0.15, -0.1) is 6.58 Å². The van der Waals surface area contributed by atoms with Crippen molar-refractivity contribution in [1.82, 2.24) is 4.57 Å². The Hall–Kier alpha value is -2.96. The number of aromatic nitrogens is 1. The van der Waals surface area contributed by atoms with Crippen molar-refractivity contribution in [1.29, 1.82) is 0 Å². The van der Waals surface area contributed by atoms with Crippen LogP contribution in [0.5, 0.6) is 5.75 Å². The maximum absolute atomic E-state index is 10.5. The largest absolute Gasteiger partial charge is 0.489 e. The summed E-state index contributed by atoms with van der Waals surface area (Å²) in [5, 5.41) is 14.2. The molecule has 0 aliphatic rings. The second-order valence-corrected chi connectivity index (χ2v) is 6.96. The van der Waals surface area contributed by atoms with E-state index in [0.717, 1.165) is 22.0 Å². The van der Waals surface area contributed by atoms with Crippen molar-refractivity contribution < 1.29 is 19.5 Å². The molecule has 150 valence electrons. The first-order valence-corrected chi connectivity index (χ1v) is 9.41. The van der Waals surface area contributed by atoms with E-state index in [2.05, 4.69) is 11.7 Å². The molecule has 0 spiro atoms. The second kappa shape index (κ2) is 9.49. The van der Waals surface area contributed by atoms with Crippen LogP contribution in [0.1, 0.15) is 11.1 Å². The van der Waals surface area contributed by atoms with E-state index in [1.807, 2.05) is 35.0 Å². The predicted octanol–water partition coefficient (Wildman–Crippen LogP) is 5.15. The molecule has 0 fully saturated rings. The fraction of sp³-hybridized carbons (Fsp3) is 0.143. The lowest BCUT2D eigenvalue weighted by Crippen LogP contribution is -2.03. The normalized spacial score (nSPS) is 11.1. The van der Waals surface area contributed by atoms with Gasteiger partial charge in [-0.1, -0.05) is 40.5 Å². The molecule has 0 saturated heterocycles. The molecule has 2 aromatic carbocycles. The van der Waals surface area contributed by atoms with E-state index in [0.29, 0.717) is 28.9 Å². The molecule has 0 radical (unpaired) electrons. The third-order valence-corrected chi connectivity index (χ3v) is 4.79. The number of carbonyl (C=O) groups is 1. The van der Waals surface area contributed by atoms with Gasteiger partial charge in [-0.3, -0.25) is 0 Å². The Kier molecular flexibility index (Phi) is 6.80. The Morgan fingerprint density at radius 3 is 2.76 bits per heavy atom. The maximum atomic E-state index is 10.5. The molecule has 0 bridgehead atoms. The Bertz CT molecular complexity index is 1080. The molecule has 8 heteroatoms. The zero-order valence-corrected chi connectivity index (χ0v) is 16.9. The molecule has 29 heavy (non-hydrogen) atoms. The van der Waals surface area contributed by atoms with Crippen LogP contribution in [-0.4, -0.2) is 28.5 Å². The Labute approximate surface area is 177 Å². The van der Waals surface area contributed by atoms with Crippen molar-refractivity contribution in [2.45, 2.75) is 13.2 Å². The smallest absolute Gasteiger partial charge is 0.344 e. The number of carboxylic acids is 1. The van der Waals surface area contributed by atoms with E-state index >= 15 is 0 Å². The molecule has 1 aromatic heterocycles. The number of aliphatic carboxylic acids is 1. The van der Waals surface area contributed by atoms with Crippen LogP contribution in [0, 0.1) is 0 Å². The first-order chi connectivity index (χ1) is 14.0. The zero-order chi connectivity index (χ0) is 20.8. The molecule has 0 amide bonds. The van der Waals surface area contributed by atoms with Gasteiger partial charge in [-0.2, -0.15) is 0 Å². The zero-order valence-electron chi connectivity index (χ0n) is 15.3. The van der Waals surface area contributed by atoms with Gasteiger partial charge in [0.1, 0.15) is 12.4 Å². The average molecular weight is 433 g/mol. The first kappa shape index (κ1) is 20.8. The summed E-state index contributed by atoms with van der Waals surface area (Å²) in [7, 11) is 0. The van der Waals surface area contributed by atoms with E-state index in [4.69, 9.17) is 37.9 Å². The lowest BCUT2D eigenvalue weighted by atomic mass is 10.2. The molecule has 1 heterocycles. The van der Waals surface area contributed by atoms with Crippen LogP contribution in [-0.2, 0) is 22.8 Å². The minimum Gasteiger partial charge on any atom is -0.489 e. The lowest BCUT2D eigenvalue weighted by Gasteiger charge is -2.08. The highest BCUT2D eigenvalue weighted by molar-refractivity contribution is 6.42. The number of halogens is 2. The van der Waals surface area contributed by atoms with Crippen LogP contribution >= 0.6 is 23.2 Å². The van der Waals surface area contributed by atoms with Gasteiger partial charge in [0.25, 0.3) is 0 Å². The van der Waals surface area contributed by atoms with Crippen LogP contribution < -0.4 is 4.74 Å². The van der Waals surface area contributed by atoms with Crippen LogP contribution in [0.4, 0.5) is 0 Å². The Balaban J connectivity index is 1.83. The number of ether oxygens (including phenoxy) is 1. The van der Waals surface area contributed by atoms with Crippen molar-refractivity contribution in [3.63, 3.8) is 0 Å². The summed E-state index contributed by atoms with van der Waals surface area (Å²) in [4.78, 5) is 15.3. The quantitative estimate of drug-likeness (QED) is 0.288. The first-order valence-electron chi connectivity index (χ1n) is 8.65. The van der Waals surface area contributed by atoms with Gasteiger partial charge in [0.05, 0.1) is 16.3 Å². The fourth-order valence-corrected chi connectivity index (χ4v) is 3.09. The molecule has 0 saturated carbocycles. The van der Waals surface area contributed by atoms with E-state index < -0.39 is 12.6 Å². The second-order valence-electron chi connectivity index (χ2n) is 6.14. The van der Waals surface area contributed by atoms with Crippen molar-refractivity contribution in [3.8, 4) is 5.75 Å². The number of benzene rings is 2. The molecule has 0 aliphatic carbocycles. The predicted molar refractivity (Wildman–Crippen MR) is 114 cm³/mol. The van der Waals surface area contributed by atoms with Crippen LogP contribution in [0.2, 0.25) is 10.0 Å². The molecule has 0 atom stereocenters. The van der Waals surface area contributed by atoms with Gasteiger partial charge in [0.15, 0.2) is 0 Å². The third-order valence-electron chi connectivity index (χ3n) is 4.05. The molecule has 0 aliphatic heterocycles. The molecule has 3 rings (SSSR count). The minimum atomic E-state index is -1.09. The molecular weight excluding hydrogens is 415 g/mol. The highest BCUT2D eigenvalue weighted by Gasteiger charge is 2.09. The van der Waals surface area contributed by atoms with Crippen molar-refractivity contribution in [2.75, 3.05) is 6.61 Å². The standard InChI is InChI=1S/C21H18Cl2N2O4/c1-2-7-25-11-15(10-24-29-13-21(26)27)17-9-16(4-6-20(17)25)28-12-14-3-5-18(22)19(23)8-14/h2-6,8-11H,1,7,12-13H2,(H,26,27). The van der Waals surface area contributed by atoms with Crippen LogP contribution in [0.15, 0.2) is 60.4 Å². The minimum absolute atomic E-state index is 0.334. The summed E-state index contributed by atoms with van der Waals surface area (Å²) in [6.45, 7) is 4.22. The number of hydrogen-bond donors (Lipinski definition) is 1.